The summed E-state index contributed by atoms with van der Waals surface area (Å²) in [7, 11) is 0. The third kappa shape index (κ3) is 4.91. The fourth-order valence-corrected chi connectivity index (χ4v) is 4.32. The molecule has 2 aromatic rings. The number of likely N-dealkylation sites (tertiary alicyclic amines) is 1. The summed E-state index contributed by atoms with van der Waals surface area (Å²) in [6.07, 6.45) is 2.71. The van der Waals surface area contributed by atoms with Crippen LogP contribution in [-0.2, 0) is 11.2 Å². The van der Waals surface area contributed by atoms with E-state index in [2.05, 4.69) is 34.2 Å². The molecule has 1 unspecified atom stereocenters. The lowest BCUT2D eigenvalue weighted by Crippen LogP contribution is -2.40. The third-order valence-electron chi connectivity index (χ3n) is 3.94. The summed E-state index contributed by atoms with van der Waals surface area (Å²) >= 11 is 2.67. The average molecular weight is 383 g/mol. The number of nitrogens with zero attached hydrogens (tertiary/aromatic N) is 5. The minimum Gasteiger partial charge on any atom is -0.374 e. The van der Waals surface area contributed by atoms with Gasteiger partial charge in [-0.05, 0) is 18.8 Å². The maximum absolute atomic E-state index is 12.5. The Balaban J connectivity index is 1.55. The number of piperidine rings is 1. The third-order valence-corrected chi connectivity index (χ3v) is 5.81. The van der Waals surface area contributed by atoms with Crippen LogP contribution in [0.25, 0.3) is 0 Å². The van der Waals surface area contributed by atoms with E-state index in [9.17, 15) is 4.79 Å². The fourth-order valence-electron chi connectivity index (χ4n) is 2.78. The molecule has 2 aromatic heterocycles. The predicted octanol–water partition coefficient (Wildman–Crippen LogP) is 2.20. The molecule has 1 fully saturated rings. The molecule has 0 saturated carbocycles. The average Bonchev–Trinajstić information content (AvgIpc) is 3.21. The zero-order valence-electron chi connectivity index (χ0n) is 14.3. The monoisotopic (exact) mass is 382 g/mol. The molecule has 1 saturated heterocycles. The Hall–Kier alpha value is -1.68. The number of nitrogen functional groups attached to an aromatic ring is 1. The molecule has 0 aliphatic carbocycles. The summed E-state index contributed by atoms with van der Waals surface area (Å²) in [5, 5.41) is 12.2. The van der Waals surface area contributed by atoms with Gasteiger partial charge in [-0.3, -0.25) is 4.79 Å². The van der Waals surface area contributed by atoms with E-state index in [4.69, 9.17) is 10.3 Å². The quantitative estimate of drug-likeness (QED) is 0.757. The van der Waals surface area contributed by atoms with E-state index in [0.717, 1.165) is 36.0 Å². The van der Waals surface area contributed by atoms with Gasteiger partial charge in [-0.1, -0.05) is 42.1 Å². The molecule has 0 bridgehead atoms. The molecule has 3 rings (SSSR count). The van der Waals surface area contributed by atoms with Crippen molar-refractivity contribution in [2.75, 3.05) is 24.6 Å². The van der Waals surface area contributed by atoms with Crippen LogP contribution in [0.1, 0.15) is 44.3 Å². The van der Waals surface area contributed by atoms with Crippen molar-refractivity contribution >= 4 is 34.1 Å². The highest BCUT2D eigenvalue weighted by atomic mass is 32.2. The van der Waals surface area contributed by atoms with Crippen LogP contribution in [0.5, 0.6) is 0 Å². The smallest absolute Gasteiger partial charge is 0.233 e. The largest absolute Gasteiger partial charge is 0.374 e. The van der Waals surface area contributed by atoms with Crippen LogP contribution < -0.4 is 5.73 Å². The first-order valence-corrected chi connectivity index (χ1v) is 10.1. The Labute approximate surface area is 154 Å². The van der Waals surface area contributed by atoms with Crippen LogP contribution in [0.15, 0.2) is 8.86 Å². The number of rotatable bonds is 6. The summed E-state index contributed by atoms with van der Waals surface area (Å²) < 4.78 is 6.15. The van der Waals surface area contributed by atoms with Gasteiger partial charge in [0.1, 0.15) is 0 Å². The van der Waals surface area contributed by atoms with Gasteiger partial charge in [-0.15, -0.1) is 10.2 Å². The lowest BCUT2D eigenvalue weighted by molar-refractivity contribution is -0.129. The maximum Gasteiger partial charge on any atom is 0.233 e. The maximum atomic E-state index is 12.5. The van der Waals surface area contributed by atoms with Crippen LogP contribution in [0, 0.1) is 5.92 Å². The molecule has 3 heterocycles. The van der Waals surface area contributed by atoms with E-state index in [1.165, 1.54) is 23.1 Å². The van der Waals surface area contributed by atoms with Gasteiger partial charge in [-0.25, -0.2) is 0 Å². The van der Waals surface area contributed by atoms with E-state index < -0.39 is 0 Å². The Morgan fingerprint density at radius 2 is 2.32 bits per heavy atom. The van der Waals surface area contributed by atoms with Gasteiger partial charge < -0.3 is 15.2 Å². The van der Waals surface area contributed by atoms with E-state index in [1.54, 1.807) is 0 Å². The van der Waals surface area contributed by atoms with Crippen molar-refractivity contribution in [3.05, 3.63) is 11.7 Å². The molecule has 2 N–H and O–H groups in total. The first kappa shape index (κ1) is 18.1. The minimum absolute atomic E-state index is 0.0883. The number of hydrogen-bond donors (Lipinski definition) is 1. The molecular weight excluding hydrogens is 360 g/mol. The van der Waals surface area contributed by atoms with Gasteiger partial charge in [0.25, 0.3) is 0 Å². The van der Waals surface area contributed by atoms with E-state index >= 15 is 0 Å². The second-order valence-electron chi connectivity index (χ2n) is 6.52. The number of aromatic nitrogens is 4. The lowest BCUT2D eigenvalue weighted by atomic mass is 9.98. The Morgan fingerprint density at radius 1 is 1.48 bits per heavy atom. The molecule has 1 aliphatic heterocycles. The highest BCUT2D eigenvalue weighted by Gasteiger charge is 2.28. The molecule has 0 radical (unpaired) electrons. The zero-order chi connectivity index (χ0) is 17.8. The van der Waals surface area contributed by atoms with E-state index in [-0.39, 0.29) is 11.8 Å². The summed E-state index contributed by atoms with van der Waals surface area (Å²) in [5.41, 5.74) is 5.56. The standard InChI is InChI=1S/C15H22N6O2S2/c1-9(2)6-11-17-13(23-20-11)10-4-3-5-21(7-10)12(22)8-24-15-19-18-14(16)25-15/h9-10H,3-8H2,1-2H3,(H2,16,18). The summed E-state index contributed by atoms with van der Waals surface area (Å²) in [4.78, 5) is 18.9. The topological polar surface area (TPSA) is 111 Å². The molecule has 1 aliphatic rings. The van der Waals surface area contributed by atoms with Gasteiger partial charge in [0.05, 0.1) is 11.7 Å². The summed E-state index contributed by atoms with van der Waals surface area (Å²) in [6, 6.07) is 0. The summed E-state index contributed by atoms with van der Waals surface area (Å²) in [5.74, 6) is 2.43. The van der Waals surface area contributed by atoms with Crippen molar-refractivity contribution in [3.63, 3.8) is 0 Å². The molecule has 0 aromatic carbocycles. The van der Waals surface area contributed by atoms with Gasteiger partial charge in [0, 0.05) is 19.5 Å². The molecule has 10 heteroatoms. The Bertz CT molecular complexity index is 716. The lowest BCUT2D eigenvalue weighted by Gasteiger charge is -2.30. The molecule has 1 atom stereocenters. The van der Waals surface area contributed by atoms with E-state index in [0.29, 0.717) is 29.2 Å². The Kier molecular flexibility index (Phi) is 5.89. The van der Waals surface area contributed by atoms with Crippen molar-refractivity contribution in [1.29, 1.82) is 0 Å². The number of carbonyl (C=O) groups is 1. The number of carbonyl (C=O) groups excluding carboxylic acids is 1. The summed E-state index contributed by atoms with van der Waals surface area (Å²) in [6.45, 7) is 5.64. The number of thioether (sulfide) groups is 1. The SMILES string of the molecule is CC(C)Cc1noc(C2CCCN(C(=O)CSc3nnc(N)s3)C2)n1. The normalized spacial score (nSPS) is 18.0. The highest BCUT2D eigenvalue weighted by molar-refractivity contribution is 8.01. The first-order valence-electron chi connectivity index (χ1n) is 8.33. The number of anilines is 1. The number of hydrogen-bond acceptors (Lipinski definition) is 9. The van der Waals surface area contributed by atoms with E-state index in [1.807, 2.05) is 4.90 Å². The van der Waals surface area contributed by atoms with Crippen LogP contribution >= 0.6 is 23.1 Å². The van der Waals surface area contributed by atoms with Gasteiger partial charge in [0.15, 0.2) is 10.2 Å². The molecule has 8 nitrogen and oxygen atoms in total. The van der Waals surface area contributed by atoms with Crippen molar-refractivity contribution < 1.29 is 9.32 Å². The highest BCUT2D eigenvalue weighted by Crippen LogP contribution is 2.28. The zero-order valence-corrected chi connectivity index (χ0v) is 16.0. The first-order chi connectivity index (χ1) is 12.0. The number of nitrogens with two attached hydrogens (primary N) is 1. The van der Waals surface area contributed by atoms with Crippen molar-refractivity contribution in [3.8, 4) is 0 Å². The van der Waals surface area contributed by atoms with Gasteiger partial charge in [0.2, 0.25) is 16.9 Å². The molecular formula is C15H22N6O2S2. The van der Waals surface area contributed by atoms with Crippen LogP contribution in [0.4, 0.5) is 5.13 Å². The second-order valence-corrected chi connectivity index (χ2v) is 8.75. The molecule has 0 spiro atoms. The molecule has 136 valence electrons. The van der Waals surface area contributed by atoms with Gasteiger partial charge in [-0.2, -0.15) is 4.98 Å². The second kappa shape index (κ2) is 8.13. The van der Waals surface area contributed by atoms with Gasteiger partial charge >= 0.3 is 0 Å². The van der Waals surface area contributed by atoms with Crippen molar-refractivity contribution in [2.24, 2.45) is 5.92 Å². The van der Waals surface area contributed by atoms with Crippen molar-refractivity contribution in [2.45, 2.75) is 43.4 Å². The van der Waals surface area contributed by atoms with Crippen LogP contribution in [0.3, 0.4) is 0 Å². The Morgan fingerprint density at radius 3 is 3.04 bits per heavy atom. The molecule has 25 heavy (non-hydrogen) atoms. The molecule has 1 amide bonds. The van der Waals surface area contributed by atoms with Crippen molar-refractivity contribution in [1.82, 2.24) is 25.2 Å². The minimum atomic E-state index is 0.0883. The van der Waals surface area contributed by atoms with Crippen LogP contribution in [0.2, 0.25) is 0 Å². The number of amides is 1. The van der Waals surface area contributed by atoms with Crippen LogP contribution in [-0.4, -0.2) is 50.0 Å². The predicted molar refractivity (Wildman–Crippen MR) is 96.4 cm³/mol. The fraction of sp³-hybridized carbons (Fsp3) is 0.667.